The van der Waals surface area contributed by atoms with Gasteiger partial charge >= 0.3 is 0 Å². The molecule has 1 fully saturated rings. The minimum Gasteiger partial charge on any atom is -0.495 e. The van der Waals surface area contributed by atoms with Crippen LogP contribution in [0.4, 0.5) is 15.9 Å². The number of benzene rings is 1. The van der Waals surface area contributed by atoms with Crippen LogP contribution in [0.25, 0.3) is 16.9 Å². The molecule has 0 radical (unpaired) electrons. The number of methoxy groups -OCH3 is 1. The average molecular weight is 452 g/mol. The number of hydrogen-bond acceptors (Lipinski definition) is 5. The Kier molecular flexibility index (Phi) is 5.35. The van der Waals surface area contributed by atoms with E-state index in [9.17, 15) is 4.39 Å². The number of aryl methyl sites for hydroxylation is 1. The Morgan fingerprint density at radius 2 is 1.78 bits per heavy atom. The lowest BCUT2D eigenvalue weighted by Crippen LogP contribution is -2.46. The molecule has 1 aliphatic rings. The molecule has 0 saturated carbocycles. The molecule has 0 spiro atoms. The van der Waals surface area contributed by atoms with Gasteiger partial charge in [-0.2, -0.15) is 4.39 Å². The number of hydrogen-bond donors (Lipinski definition) is 0. The van der Waals surface area contributed by atoms with Crippen molar-refractivity contribution in [3.8, 4) is 17.0 Å². The van der Waals surface area contributed by atoms with Crippen molar-refractivity contribution in [1.29, 1.82) is 0 Å². The Labute approximate surface area is 190 Å². The van der Waals surface area contributed by atoms with Crippen molar-refractivity contribution < 1.29 is 9.13 Å². The Hall–Kier alpha value is -3.32. The number of halogens is 2. The molecular weight excluding hydrogens is 429 g/mol. The number of imidazole rings is 1. The number of pyridine rings is 2. The van der Waals surface area contributed by atoms with Gasteiger partial charge in [-0.1, -0.05) is 17.7 Å². The third-order valence-corrected chi connectivity index (χ3v) is 6.18. The summed E-state index contributed by atoms with van der Waals surface area (Å²) in [6.07, 6.45) is 4.04. The van der Waals surface area contributed by atoms with E-state index in [1.807, 2.05) is 41.9 Å². The van der Waals surface area contributed by atoms with Crippen molar-refractivity contribution in [1.82, 2.24) is 14.4 Å². The van der Waals surface area contributed by atoms with Crippen LogP contribution in [-0.4, -0.2) is 47.7 Å². The number of ether oxygens (including phenoxy) is 1. The van der Waals surface area contributed by atoms with E-state index in [1.165, 1.54) is 6.07 Å². The van der Waals surface area contributed by atoms with Crippen LogP contribution in [0.1, 0.15) is 5.56 Å². The van der Waals surface area contributed by atoms with Crippen molar-refractivity contribution in [3.63, 3.8) is 0 Å². The van der Waals surface area contributed by atoms with Gasteiger partial charge in [0.05, 0.1) is 17.8 Å². The first-order valence-corrected chi connectivity index (χ1v) is 10.9. The summed E-state index contributed by atoms with van der Waals surface area (Å²) in [5.41, 5.74) is 4.89. The van der Waals surface area contributed by atoms with E-state index in [4.69, 9.17) is 21.3 Å². The molecule has 0 unspecified atom stereocenters. The van der Waals surface area contributed by atoms with Gasteiger partial charge in [-0.25, -0.2) is 9.97 Å². The smallest absolute Gasteiger partial charge is 0.214 e. The second kappa shape index (κ2) is 8.31. The maximum atomic E-state index is 13.5. The van der Waals surface area contributed by atoms with E-state index in [0.717, 1.165) is 54.3 Å². The van der Waals surface area contributed by atoms with Crippen LogP contribution in [0, 0.1) is 12.9 Å². The molecule has 5 rings (SSSR count). The molecule has 0 atom stereocenters. The highest BCUT2D eigenvalue weighted by Gasteiger charge is 2.19. The molecule has 1 aliphatic heterocycles. The molecule has 0 aliphatic carbocycles. The predicted molar refractivity (Wildman–Crippen MR) is 126 cm³/mol. The molecule has 4 aromatic rings. The Bertz CT molecular complexity index is 1280. The van der Waals surface area contributed by atoms with Crippen LogP contribution in [0.3, 0.4) is 0 Å². The number of nitrogens with zero attached hydrogens (tertiary/aromatic N) is 5. The van der Waals surface area contributed by atoms with Crippen LogP contribution in [-0.2, 0) is 0 Å². The molecule has 0 N–H and O–H groups in total. The molecule has 3 aromatic heterocycles. The SMILES string of the molecule is COc1cc(C)c(-c2cn3ccc(N4CCN(c5cccc(F)n5)CC4)cc3n2)cc1Cl. The highest BCUT2D eigenvalue weighted by Crippen LogP contribution is 2.33. The summed E-state index contributed by atoms with van der Waals surface area (Å²) in [7, 11) is 1.61. The second-order valence-electron chi connectivity index (χ2n) is 7.87. The van der Waals surface area contributed by atoms with Gasteiger partial charge in [0.15, 0.2) is 0 Å². The average Bonchev–Trinajstić information content (AvgIpc) is 3.23. The summed E-state index contributed by atoms with van der Waals surface area (Å²) in [6.45, 7) is 5.25. The van der Waals surface area contributed by atoms with E-state index >= 15 is 0 Å². The quantitative estimate of drug-likeness (QED) is 0.416. The van der Waals surface area contributed by atoms with E-state index in [-0.39, 0.29) is 0 Å². The lowest BCUT2D eigenvalue weighted by Gasteiger charge is -2.36. The fourth-order valence-electron chi connectivity index (χ4n) is 4.15. The van der Waals surface area contributed by atoms with E-state index < -0.39 is 5.95 Å². The Morgan fingerprint density at radius 3 is 2.53 bits per heavy atom. The molecular formula is C24H23ClFN5O. The van der Waals surface area contributed by atoms with Crippen molar-refractivity contribution >= 4 is 28.8 Å². The molecule has 32 heavy (non-hydrogen) atoms. The highest BCUT2D eigenvalue weighted by atomic mass is 35.5. The van der Waals surface area contributed by atoms with Gasteiger partial charge in [0, 0.05) is 55.9 Å². The molecule has 1 saturated heterocycles. The van der Waals surface area contributed by atoms with Gasteiger partial charge in [0.1, 0.15) is 17.2 Å². The first-order valence-electron chi connectivity index (χ1n) is 10.5. The van der Waals surface area contributed by atoms with Crippen molar-refractivity contribution in [2.75, 3.05) is 43.1 Å². The zero-order chi connectivity index (χ0) is 22.2. The number of fused-ring (bicyclic) bond motifs is 1. The summed E-state index contributed by atoms with van der Waals surface area (Å²) >= 11 is 6.35. The summed E-state index contributed by atoms with van der Waals surface area (Å²) in [5.74, 6) is 0.900. The zero-order valence-corrected chi connectivity index (χ0v) is 18.7. The topological polar surface area (TPSA) is 45.9 Å². The van der Waals surface area contributed by atoms with Crippen LogP contribution in [0.5, 0.6) is 5.75 Å². The largest absolute Gasteiger partial charge is 0.495 e. The molecule has 8 heteroatoms. The van der Waals surface area contributed by atoms with Crippen LogP contribution >= 0.6 is 11.6 Å². The van der Waals surface area contributed by atoms with Crippen LogP contribution in [0.2, 0.25) is 5.02 Å². The van der Waals surface area contributed by atoms with Gasteiger partial charge in [0.25, 0.3) is 0 Å². The zero-order valence-electron chi connectivity index (χ0n) is 17.9. The minimum atomic E-state index is -0.445. The van der Waals surface area contributed by atoms with Gasteiger partial charge < -0.3 is 18.9 Å². The monoisotopic (exact) mass is 451 g/mol. The number of piperazine rings is 1. The third kappa shape index (κ3) is 3.84. The number of rotatable bonds is 4. The van der Waals surface area contributed by atoms with Crippen LogP contribution in [0.15, 0.2) is 54.9 Å². The maximum Gasteiger partial charge on any atom is 0.214 e. The number of anilines is 2. The summed E-state index contributed by atoms with van der Waals surface area (Å²) in [5, 5.41) is 0.566. The lowest BCUT2D eigenvalue weighted by molar-refractivity contribution is 0.415. The van der Waals surface area contributed by atoms with Gasteiger partial charge in [-0.15, -0.1) is 0 Å². The van der Waals surface area contributed by atoms with Gasteiger partial charge in [0.2, 0.25) is 5.95 Å². The summed E-state index contributed by atoms with van der Waals surface area (Å²) in [4.78, 5) is 13.3. The molecule has 4 heterocycles. The molecule has 0 bridgehead atoms. The highest BCUT2D eigenvalue weighted by molar-refractivity contribution is 6.32. The van der Waals surface area contributed by atoms with E-state index in [2.05, 4.69) is 26.9 Å². The van der Waals surface area contributed by atoms with Crippen molar-refractivity contribution in [2.24, 2.45) is 0 Å². The van der Waals surface area contributed by atoms with E-state index in [1.54, 1.807) is 13.2 Å². The Morgan fingerprint density at radius 1 is 1.00 bits per heavy atom. The lowest BCUT2D eigenvalue weighted by atomic mass is 10.1. The minimum absolute atomic E-state index is 0.445. The normalized spacial score (nSPS) is 14.2. The third-order valence-electron chi connectivity index (χ3n) is 5.89. The fourth-order valence-corrected chi connectivity index (χ4v) is 4.39. The Balaban J connectivity index is 1.37. The van der Waals surface area contributed by atoms with E-state index in [0.29, 0.717) is 16.6 Å². The van der Waals surface area contributed by atoms with Crippen molar-refractivity contribution in [2.45, 2.75) is 6.92 Å². The molecule has 1 aromatic carbocycles. The number of aromatic nitrogens is 3. The fraction of sp³-hybridized carbons (Fsp3) is 0.250. The first-order chi connectivity index (χ1) is 15.5. The van der Waals surface area contributed by atoms with Gasteiger partial charge in [-0.05, 0) is 42.8 Å². The summed E-state index contributed by atoms with van der Waals surface area (Å²) in [6, 6.07) is 12.9. The molecule has 164 valence electrons. The molecule has 0 amide bonds. The van der Waals surface area contributed by atoms with Gasteiger partial charge in [-0.3, -0.25) is 0 Å². The second-order valence-corrected chi connectivity index (χ2v) is 8.28. The molecule has 6 nitrogen and oxygen atoms in total. The summed E-state index contributed by atoms with van der Waals surface area (Å²) < 4.78 is 20.8. The van der Waals surface area contributed by atoms with Crippen LogP contribution < -0.4 is 14.5 Å². The predicted octanol–water partition coefficient (Wildman–Crippen LogP) is 4.83. The standard InChI is InChI=1S/C24H23ClFN5O/c1-16-12-21(32-2)19(25)14-18(16)20-15-31-7-6-17(13-24(31)27-20)29-8-10-30(11-9-29)23-5-3-4-22(26)28-23/h3-7,12-15H,8-11H2,1-2H3. The first kappa shape index (κ1) is 20.6. The van der Waals surface area contributed by atoms with Crippen molar-refractivity contribution in [3.05, 3.63) is 71.4 Å². The maximum absolute atomic E-state index is 13.5.